The lowest BCUT2D eigenvalue weighted by Gasteiger charge is -2.14. The van der Waals surface area contributed by atoms with E-state index in [2.05, 4.69) is 20.6 Å². The van der Waals surface area contributed by atoms with Crippen molar-refractivity contribution in [2.45, 2.75) is 26.3 Å². The summed E-state index contributed by atoms with van der Waals surface area (Å²) in [5, 5.41) is 7.93. The number of aromatic nitrogens is 3. The molecule has 1 unspecified atom stereocenters. The first kappa shape index (κ1) is 20.5. The summed E-state index contributed by atoms with van der Waals surface area (Å²) < 4.78 is 7.06. The fourth-order valence-corrected chi connectivity index (χ4v) is 3.82. The van der Waals surface area contributed by atoms with Crippen LogP contribution in [0.5, 0.6) is 0 Å². The molecule has 1 atom stereocenters. The Morgan fingerprint density at radius 1 is 1.23 bits per heavy atom. The van der Waals surface area contributed by atoms with Crippen LogP contribution in [0.4, 0.5) is 5.13 Å². The molecule has 0 saturated heterocycles. The molecule has 9 heteroatoms. The van der Waals surface area contributed by atoms with Crippen molar-refractivity contribution in [3.05, 3.63) is 83.3 Å². The molecule has 0 bridgehead atoms. The average Bonchev–Trinajstić information content (AvgIpc) is 3.50. The number of carbonyl (C=O) groups is 2. The van der Waals surface area contributed by atoms with Crippen LogP contribution in [0.2, 0.25) is 0 Å². The largest absolute Gasteiger partial charge is 0.469 e. The van der Waals surface area contributed by atoms with Crippen molar-refractivity contribution in [2.75, 3.05) is 5.32 Å². The molecule has 0 fully saturated rings. The van der Waals surface area contributed by atoms with Crippen LogP contribution in [-0.2, 0) is 11.2 Å². The first-order valence-electron chi connectivity index (χ1n) is 9.67. The Balaban J connectivity index is 1.31. The molecule has 31 heavy (non-hydrogen) atoms. The first-order valence-corrected chi connectivity index (χ1v) is 10.5. The van der Waals surface area contributed by atoms with Gasteiger partial charge in [-0.2, -0.15) is 0 Å². The van der Waals surface area contributed by atoms with E-state index in [1.807, 2.05) is 42.0 Å². The highest BCUT2D eigenvalue weighted by Gasteiger charge is 2.15. The molecule has 0 aliphatic carbocycles. The van der Waals surface area contributed by atoms with Crippen molar-refractivity contribution in [1.29, 1.82) is 0 Å². The van der Waals surface area contributed by atoms with Gasteiger partial charge in [0.05, 0.1) is 36.3 Å². The number of rotatable bonds is 7. The minimum absolute atomic E-state index is 0.134. The van der Waals surface area contributed by atoms with E-state index in [9.17, 15) is 9.59 Å². The highest BCUT2D eigenvalue weighted by Crippen LogP contribution is 2.19. The van der Waals surface area contributed by atoms with Crippen LogP contribution in [0.15, 0.2) is 65.1 Å². The van der Waals surface area contributed by atoms with Gasteiger partial charge in [0.2, 0.25) is 5.91 Å². The Bertz CT molecular complexity index is 1180. The molecule has 0 aliphatic heterocycles. The minimum Gasteiger partial charge on any atom is -0.469 e. The lowest BCUT2D eigenvalue weighted by atomic mass is 10.1. The van der Waals surface area contributed by atoms with Gasteiger partial charge in [-0.05, 0) is 37.6 Å². The lowest BCUT2D eigenvalue weighted by Crippen LogP contribution is -2.28. The van der Waals surface area contributed by atoms with Crippen molar-refractivity contribution in [3.63, 3.8) is 0 Å². The zero-order chi connectivity index (χ0) is 21.8. The second kappa shape index (κ2) is 8.97. The van der Waals surface area contributed by atoms with E-state index in [1.54, 1.807) is 30.9 Å². The lowest BCUT2D eigenvalue weighted by molar-refractivity contribution is -0.121. The smallest absolute Gasteiger partial charge is 0.260 e. The number of hydrogen-bond acceptors (Lipinski definition) is 6. The molecule has 2 N–H and O–H groups in total. The summed E-state index contributed by atoms with van der Waals surface area (Å²) in [4.78, 5) is 33.1. The van der Waals surface area contributed by atoms with Gasteiger partial charge in [0.15, 0.2) is 5.13 Å². The zero-order valence-corrected chi connectivity index (χ0v) is 17.8. The van der Waals surface area contributed by atoms with Crippen LogP contribution in [0.3, 0.4) is 0 Å². The van der Waals surface area contributed by atoms with Gasteiger partial charge in [0, 0.05) is 23.5 Å². The molecule has 0 aliphatic rings. The topological polar surface area (TPSA) is 102 Å². The van der Waals surface area contributed by atoms with E-state index < -0.39 is 0 Å². The van der Waals surface area contributed by atoms with E-state index in [0.29, 0.717) is 22.1 Å². The van der Waals surface area contributed by atoms with Gasteiger partial charge in [-0.15, -0.1) is 11.3 Å². The molecule has 3 heterocycles. The Labute approximate surface area is 183 Å². The molecular weight excluding hydrogens is 414 g/mol. The summed E-state index contributed by atoms with van der Waals surface area (Å²) in [5.74, 6) is 0.116. The number of hydrogen-bond donors (Lipinski definition) is 2. The molecule has 0 spiro atoms. The standard InChI is InChI=1S/C22H21N5O3S/c1-14(16-3-5-18(6-4-16)27-9-8-23-13-27)24-20(28)11-17-12-31-22(25-17)26-21(29)19-7-10-30-15(19)2/h3-10,12-14H,11H2,1-2H3,(H,24,28)(H,25,26,29). The molecule has 1 aromatic carbocycles. The van der Waals surface area contributed by atoms with Crippen molar-refractivity contribution in [1.82, 2.24) is 19.9 Å². The van der Waals surface area contributed by atoms with Crippen molar-refractivity contribution in [3.8, 4) is 5.69 Å². The monoisotopic (exact) mass is 435 g/mol. The predicted octanol–water partition coefficient (Wildman–Crippen LogP) is 3.90. The number of furan rings is 1. The fourth-order valence-electron chi connectivity index (χ4n) is 3.12. The van der Waals surface area contributed by atoms with Crippen LogP contribution < -0.4 is 10.6 Å². The van der Waals surface area contributed by atoms with E-state index in [0.717, 1.165) is 11.3 Å². The predicted molar refractivity (Wildman–Crippen MR) is 117 cm³/mol. The molecule has 4 rings (SSSR count). The number of thiazole rings is 1. The molecule has 0 saturated carbocycles. The van der Waals surface area contributed by atoms with Gasteiger partial charge >= 0.3 is 0 Å². The Morgan fingerprint density at radius 2 is 2.03 bits per heavy atom. The molecule has 4 aromatic rings. The maximum atomic E-state index is 12.5. The van der Waals surface area contributed by atoms with Gasteiger partial charge in [-0.3, -0.25) is 14.9 Å². The highest BCUT2D eigenvalue weighted by molar-refractivity contribution is 7.14. The van der Waals surface area contributed by atoms with Gasteiger partial charge in [-0.1, -0.05) is 12.1 Å². The van der Waals surface area contributed by atoms with E-state index in [-0.39, 0.29) is 24.3 Å². The summed E-state index contributed by atoms with van der Waals surface area (Å²) in [6.07, 6.45) is 6.94. The van der Waals surface area contributed by atoms with Crippen LogP contribution in [0, 0.1) is 6.92 Å². The number of carbonyl (C=O) groups excluding carboxylic acids is 2. The number of nitrogens with zero attached hydrogens (tertiary/aromatic N) is 3. The maximum Gasteiger partial charge on any atom is 0.260 e. The normalized spacial score (nSPS) is 11.8. The highest BCUT2D eigenvalue weighted by atomic mass is 32.1. The van der Waals surface area contributed by atoms with Crippen molar-refractivity contribution >= 4 is 28.3 Å². The molecule has 8 nitrogen and oxygen atoms in total. The zero-order valence-electron chi connectivity index (χ0n) is 17.0. The summed E-state index contributed by atoms with van der Waals surface area (Å²) in [7, 11) is 0. The van der Waals surface area contributed by atoms with Crippen LogP contribution in [0.1, 0.15) is 40.3 Å². The molecule has 2 amide bonds. The van der Waals surface area contributed by atoms with Crippen LogP contribution in [0.25, 0.3) is 5.69 Å². The third-order valence-corrected chi connectivity index (χ3v) is 5.60. The van der Waals surface area contributed by atoms with E-state index in [4.69, 9.17) is 4.42 Å². The van der Waals surface area contributed by atoms with Crippen LogP contribution >= 0.6 is 11.3 Å². The van der Waals surface area contributed by atoms with Crippen LogP contribution in [-0.4, -0.2) is 26.3 Å². The minimum atomic E-state index is -0.288. The summed E-state index contributed by atoms with van der Waals surface area (Å²) in [5.41, 5.74) is 3.06. The van der Waals surface area contributed by atoms with E-state index in [1.165, 1.54) is 17.6 Å². The fraction of sp³-hybridized carbons (Fsp3) is 0.182. The molecule has 0 radical (unpaired) electrons. The number of benzene rings is 1. The Hall–Kier alpha value is -3.72. The Kier molecular flexibility index (Phi) is 5.94. The number of nitrogens with one attached hydrogen (secondary N) is 2. The quantitative estimate of drug-likeness (QED) is 0.458. The molecule has 158 valence electrons. The van der Waals surface area contributed by atoms with Crippen molar-refractivity contribution in [2.24, 2.45) is 0 Å². The third kappa shape index (κ3) is 4.89. The first-order chi connectivity index (χ1) is 15.0. The maximum absolute atomic E-state index is 12.5. The SMILES string of the molecule is Cc1occc1C(=O)Nc1nc(CC(=O)NC(C)c2ccc(-n3ccnc3)cc2)cs1. The average molecular weight is 436 g/mol. The molecular formula is C22H21N5O3S. The van der Waals surface area contributed by atoms with E-state index >= 15 is 0 Å². The third-order valence-electron chi connectivity index (χ3n) is 4.79. The second-order valence-corrected chi connectivity index (χ2v) is 7.87. The Morgan fingerprint density at radius 3 is 2.71 bits per heavy atom. The number of aryl methyl sites for hydroxylation is 1. The summed E-state index contributed by atoms with van der Waals surface area (Å²) >= 11 is 1.28. The van der Waals surface area contributed by atoms with Gasteiger partial charge in [-0.25, -0.2) is 9.97 Å². The van der Waals surface area contributed by atoms with Gasteiger partial charge in [0.25, 0.3) is 5.91 Å². The van der Waals surface area contributed by atoms with Gasteiger partial charge in [0.1, 0.15) is 5.76 Å². The molecule has 3 aromatic heterocycles. The van der Waals surface area contributed by atoms with Gasteiger partial charge < -0.3 is 14.3 Å². The number of anilines is 1. The number of imidazole rings is 1. The second-order valence-electron chi connectivity index (χ2n) is 7.02. The summed E-state index contributed by atoms with van der Waals surface area (Å²) in [6.45, 7) is 3.66. The summed E-state index contributed by atoms with van der Waals surface area (Å²) in [6, 6.07) is 9.39. The van der Waals surface area contributed by atoms with Crippen molar-refractivity contribution < 1.29 is 14.0 Å². The number of amides is 2.